The molecule has 2 aliphatic heterocycles. The van der Waals surface area contributed by atoms with Crippen molar-refractivity contribution in [3.05, 3.63) is 133 Å². The Morgan fingerprint density at radius 1 is 0.273 bits per heavy atom. The van der Waals surface area contributed by atoms with Gasteiger partial charge in [0, 0.05) is 52.6 Å². The average Bonchev–Trinajstić information content (AvgIpc) is 3.08. The predicted octanol–water partition coefficient (Wildman–Crippen LogP) is 12.9. The molecule has 9 aromatic carbocycles. The maximum absolute atomic E-state index is 2.42. The van der Waals surface area contributed by atoms with E-state index in [0.717, 1.165) is 0 Å². The summed E-state index contributed by atoms with van der Waals surface area (Å²) in [5.41, 5.74) is 5.54. The summed E-state index contributed by atoms with van der Waals surface area (Å²) in [6.45, 7) is 0. The number of hydrogen-bond donors (Lipinski definition) is 0. The lowest BCUT2D eigenvalue weighted by atomic mass is 9.82. The fourth-order valence-electron chi connectivity index (χ4n) is 7.85. The van der Waals surface area contributed by atoms with Crippen molar-refractivity contribution < 1.29 is 0 Å². The Hall–Kier alpha value is -4.76. The first-order chi connectivity index (χ1) is 21.8. The van der Waals surface area contributed by atoms with Crippen LogP contribution in [-0.4, -0.2) is 0 Å². The van der Waals surface area contributed by atoms with Crippen LogP contribution in [0.25, 0.3) is 86.9 Å². The molecule has 0 saturated carbocycles. The van der Waals surface area contributed by atoms with Crippen LogP contribution in [-0.2, 0) is 0 Å². The molecular formula is C42H22S2. The van der Waals surface area contributed by atoms with Crippen LogP contribution >= 0.6 is 23.5 Å². The summed E-state index contributed by atoms with van der Waals surface area (Å²) in [5.74, 6) is 0. The number of fused-ring (bicyclic) bond motifs is 13. The number of rotatable bonds is 0. The zero-order valence-corrected chi connectivity index (χ0v) is 25.2. The van der Waals surface area contributed by atoms with Crippen molar-refractivity contribution in [2.24, 2.45) is 0 Å². The minimum Gasteiger partial charge on any atom is -0.0887 e. The van der Waals surface area contributed by atoms with Gasteiger partial charge in [-0.05, 0) is 102 Å². The zero-order chi connectivity index (χ0) is 28.5. The minimum absolute atomic E-state index is 1.29. The van der Waals surface area contributed by atoms with E-state index in [1.807, 2.05) is 23.5 Å². The third-order valence-corrected chi connectivity index (χ3v) is 12.0. The zero-order valence-electron chi connectivity index (χ0n) is 23.5. The molecule has 0 bridgehead atoms. The first-order valence-electron chi connectivity index (χ1n) is 15.1. The van der Waals surface area contributed by atoms with E-state index in [0.29, 0.717) is 0 Å². The molecule has 202 valence electrons. The van der Waals surface area contributed by atoms with Crippen LogP contribution in [0.2, 0.25) is 0 Å². The van der Waals surface area contributed by atoms with E-state index >= 15 is 0 Å². The highest BCUT2D eigenvalue weighted by atomic mass is 32.2. The topological polar surface area (TPSA) is 0 Å². The summed E-state index contributed by atoms with van der Waals surface area (Å²) in [6, 6.07) is 50.3. The molecule has 0 saturated heterocycles. The number of benzene rings is 9. The van der Waals surface area contributed by atoms with E-state index < -0.39 is 0 Å². The van der Waals surface area contributed by atoms with Crippen molar-refractivity contribution in [2.45, 2.75) is 19.6 Å². The van der Waals surface area contributed by atoms with Crippen LogP contribution in [0.15, 0.2) is 153 Å². The smallest absolute Gasteiger partial charge is 0.0208 e. The molecule has 0 nitrogen and oxygen atoms in total. The second-order valence-corrected chi connectivity index (χ2v) is 14.2. The lowest BCUT2D eigenvalue weighted by Crippen LogP contribution is -2.02. The first kappa shape index (κ1) is 23.7. The van der Waals surface area contributed by atoms with Gasteiger partial charge in [0.1, 0.15) is 0 Å². The van der Waals surface area contributed by atoms with Crippen LogP contribution < -0.4 is 0 Å². The van der Waals surface area contributed by atoms with Crippen molar-refractivity contribution in [1.29, 1.82) is 0 Å². The largest absolute Gasteiger partial charge is 0.0887 e. The highest BCUT2D eigenvalue weighted by Gasteiger charge is 2.31. The molecule has 0 radical (unpaired) electrons. The van der Waals surface area contributed by atoms with Crippen molar-refractivity contribution in [2.75, 3.05) is 0 Å². The van der Waals surface area contributed by atoms with Crippen LogP contribution in [0.5, 0.6) is 0 Å². The molecule has 0 aliphatic carbocycles. The summed E-state index contributed by atoms with van der Waals surface area (Å²) < 4.78 is 0. The highest BCUT2D eigenvalue weighted by molar-refractivity contribution is 8.00. The second kappa shape index (κ2) is 8.45. The van der Waals surface area contributed by atoms with Gasteiger partial charge in [-0.1, -0.05) is 108 Å². The summed E-state index contributed by atoms with van der Waals surface area (Å²) in [6.07, 6.45) is 0. The van der Waals surface area contributed by atoms with Crippen molar-refractivity contribution in [1.82, 2.24) is 0 Å². The Labute approximate surface area is 262 Å². The van der Waals surface area contributed by atoms with Gasteiger partial charge in [-0.15, -0.1) is 0 Å². The van der Waals surface area contributed by atoms with Crippen LogP contribution in [0.3, 0.4) is 0 Å². The average molecular weight is 591 g/mol. The first-order valence-corrected chi connectivity index (χ1v) is 16.7. The van der Waals surface area contributed by atoms with Crippen molar-refractivity contribution in [3.8, 4) is 22.3 Å². The van der Waals surface area contributed by atoms with Crippen molar-refractivity contribution >= 4 is 88.2 Å². The quantitative estimate of drug-likeness (QED) is 0.161. The lowest BCUT2D eigenvalue weighted by molar-refractivity contribution is 1.37. The molecule has 0 unspecified atom stereocenters. The fraction of sp³-hybridized carbons (Fsp3) is 0. The Bertz CT molecular complexity index is 2580. The maximum Gasteiger partial charge on any atom is 0.0208 e. The van der Waals surface area contributed by atoms with Crippen LogP contribution in [0.1, 0.15) is 0 Å². The van der Waals surface area contributed by atoms with Gasteiger partial charge in [-0.25, -0.2) is 0 Å². The Kier molecular flexibility index (Phi) is 4.54. The molecule has 2 aliphatic rings. The fourth-order valence-corrected chi connectivity index (χ4v) is 10.1. The monoisotopic (exact) mass is 590 g/mol. The molecule has 2 heterocycles. The van der Waals surface area contributed by atoms with Crippen LogP contribution in [0.4, 0.5) is 0 Å². The summed E-state index contributed by atoms with van der Waals surface area (Å²) in [7, 11) is 0. The molecule has 0 atom stereocenters. The van der Waals surface area contributed by atoms with Gasteiger partial charge in [-0.3, -0.25) is 0 Å². The van der Waals surface area contributed by atoms with E-state index in [2.05, 4.69) is 133 Å². The van der Waals surface area contributed by atoms with E-state index in [-0.39, 0.29) is 0 Å². The third-order valence-electron chi connectivity index (χ3n) is 9.73. The Balaban J connectivity index is 1.35. The maximum atomic E-state index is 2.42. The molecule has 2 heteroatoms. The predicted molar refractivity (Wildman–Crippen MR) is 191 cm³/mol. The van der Waals surface area contributed by atoms with Gasteiger partial charge in [0.15, 0.2) is 0 Å². The lowest BCUT2D eigenvalue weighted by Gasteiger charge is -2.30. The van der Waals surface area contributed by atoms with E-state index in [4.69, 9.17) is 0 Å². The van der Waals surface area contributed by atoms with Gasteiger partial charge in [0.05, 0.1) is 0 Å². The van der Waals surface area contributed by atoms with Gasteiger partial charge in [0.2, 0.25) is 0 Å². The van der Waals surface area contributed by atoms with E-state index in [1.54, 1.807) is 0 Å². The molecule has 0 spiro atoms. The standard InChI is InChI=1S/C42H22S2/c1-3-9-25-21-31-27(19-23(25)7-1)13-15-33-37(31)39-29-11-5-6-12-30(29)40-38-32-22-26-10-4-2-8-24(26)20-28(32)14-16-34(38)44-36-18-17-35(43-33)41(39)42(36)40/h1-22H. The highest BCUT2D eigenvalue weighted by Crippen LogP contribution is 2.60. The van der Waals surface area contributed by atoms with E-state index in [1.165, 1.54) is 106 Å². The third kappa shape index (κ3) is 3.02. The number of hydrogen-bond acceptors (Lipinski definition) is 2. The molecule has 9 aromatic rings. The molecule has 0 fully saturated rings. The minimum atomic E-state index is 1.29. The van der Waals surface area contributed by atoms with Crippen LogP contribution in [0, 0.1) is 0 Å². The van der Waals surface area contributed by atoms with Gasteiger partial charge < -0.3 is 0 Å². The second-order valence-electron chi connectivity index (χ2n) is 12.0. The molecular weight excluding hydrogens is 569 g/mol. The molecule has 0 aromatic heterocycles. The van der Waals surface area contributed by atoms with Gasteiger partial charge in [0.25, 0.3) is 0 Å². The normalized spacial score (nSPS) is 13.3. The summed E-state index contributed by atoms with van der Waals surface area (Å²) >= 11 is 3.87. The Morgan fingerprint density at radius 3 is 1.11 bits per heavy atom. The van der Waals surface area contributed by atoms with Crippen molar-refractivity contribution in [3.63, 3.8) is 0 Å². The summed E-state index contributed by atoms with van der Waals surface area (Å²) in [4.78, 5) is 5.39. The Morgan fingerprint density at radius 2 is 0.659 bits per heavy atom. The van der Waals surface area contributed by atoms with E-state index in [9.17, 15) is 0 Å². The molecule has 0 N–H and O–H groups in total. The summed E-state index contributed by atoms with van der Waals surface area (Å²) in [5, 5.41) is 15.9. The van der Waals surface area contributed by atoms with Gasteiger partial charge in [-0.2, -0.15) is 0 Å². The SMILES string of the molecule is c1ccc2cc3c4c(ccc3cc2c1)Sc1ccc2c3c(c5ccccc5c-4c13)-c1c(ccc3cc4ccccc4cc13)S2. The molecule has 11 rings (SSSR count). The van der Waals surface area contributed by atoms with Gasteiger partial charge >= 0.3 is 0 Å². The molecule has 44 heavy (non-hydrogen) atoms. The molecule has 0 amide bonds.